The van der Waals surface area contributed by atoms with Crippen LogP contribution in [0.25, 0.3) is 5.76 Å². The summed E-state index contributed by atoms with van der Waals surface area (Å²) in [6, 6.07) is 15.9. The van der Waals surface area contributed by atoms with Crippen molar-refractivity contribution in [1.29, 1.82) is 0 Å². The lowest BCUT2D eigenvalue weighted by Gasteiger charge is -2.24. The van der Waals surface area contributed by atoms with Crippen LogP contribution >= 0.6 is 11.3 Å². The maximum absolute atomic E-state index is 13.2. The summed E-state index contributed by atoms with van der Waals surface area (Å²) in [5, 5.41) is 13.2. The maximum atomic E-state index is 13.2. The third-order valence-corrected chi connectivity index (χ3v) is 6.93. The number of ether oxygens (including phenoxy) is 2. The van der Waals surface area contributed by atoms with Gasteiger partial charge in [0.15, 0.2) is 0 Å². The van der Waals surface area contributed by atoms with Crippen LogP contribution in [0, 0.1) is 0 Å². The zero-order chi connectivity index (χ0) is 23.1. The van der Waals surface area contributed by atoms with Crippen LogP contribution in [0.15, 0.2) is 65.6 Å². The van der Waals surface area contributed by atoms with Gasteiger partial charge in [-0.2, -0.15) is 0 Å². The van der Waals surface area contributed by atoms with Gasteiger partial charge in [0.2, 0.25) is 0 Å². The van der Waals surface area contributed by atoms with Crippen LogP contribution < -0.4 is 9.47 Å². The van der Waals surface area contributed by atoms with Gasteiger partial charge in [-0.3, -0.25) is 9.59 Å². The summed E-state index contributed by atoms with van der Waals surface area (Å²) in [4.78, 5) is 28.6. The van der Waals surface area contributed by atoms with E-state index in [2.05, 4.69) is 0 Å². The number of Topliss-reactive ketones (excluding diaryl/α,β-unsaturated/α-hetero) is 1. The molecule has 3 aromatic rings. The number of rotatable bonds is 5. The Hall–Kier alpha value is -3.58. The van der Waals surface area contributed by atoms with E-state index in [-0.39, 0.29) is 24.0 Å². The molecule has 0 aliphatic carbocycles. The molecule has 0 spiro atoms. The van der Waals surface area contributed by atoms with Gasteiger partial charge in [0, 0.05) is 23.4 Å². The summed E-state index contributed by atoms with van der Waals surface area (Å²) in [5.74, 6) is -0.0178. The summed E-state index contributed by atoms with van der Waals surface area (Å²) in [6.07, 6.45) is 0.798. The van der Waals surface area contributed by atoms with E-state index in [4.69, 9.17) is 9.47 Å². The number of thiophene rings is 1. The Morgan fingerprint density at radius 1 is 1.18 bits per heavy atom. The quantitative estimate of drug-likeness (QED) is 0.339. The van der Waals surface area contributed by atoms with Gasteiger partial charge >= 0.3 is 0 Å². The van der Waals surface area contributed by atoms with Crippen molar-refractivity contribution in [2.45, 2.75) is 32.0 Å². The Morgan fingerprint density at radius 2 is 2.03 bits per heavy atom. The summed E-state index contributed by atoms with van der Waals surface area (Å²) in [5.41, 5.74) is 2.43. The molecular weight excluding hydrogens is 438 g/mol. The lowest BCUT2D eigenvalue weighted by Crippen LogP contribution is -2.28. The Bertz CT molecular complexity index is 1260. The van der Waals surface area contributed by atoms with Crippen LogP contribution in [0.1, 0.15) is 34.5 Å². The fourth-order valence-electron chi connectivity index (χ4n) is 4.48. The largest absolute Gasteiger partial charge is 0.507 e. The number of nitrogens with zero attached hydrogens (tertiary/aromatic N) is 1. The van der Waals surface area contributed by atoms with Gasteiger partial charge in [-0.15, -0.1) is 11.3 Å². The van der Waals surface area contributed by atoms with Crippen LogP contribution in [0.5, 0.6) is 11.5 Å². The lowest BCUT2D eigenvalue weighted by atomic mass is 9.98. The number of likely N-dealkylation sites (tertiary alicyclic amines) is 1. The topological polar surface area (TPSA) is 76.1 Å². The number of amides is 1. The standard InChI is InChI=1S/C26H23NO5S/c1-15-11-18-13-17(8-9-20(18)32-15)24(28)22-23(21-7-4-10-33-21)27(26(30)25(22)29)14-16-5-3-6-19(12-16)31-2/h3-10,12-13,15,23,28H,11,14H2,1-2H3/b24-22-. The highest BCUT2D eigenvalue weighted by Gasteiger charge is 2.46. The number of carbonyl (C=O) groups excluding carboxylic acids is 2. The number of aliphatic hydroxyl groups excluding tert-OH is 1. The lowest BCUT2D eigenvalue weighted by molar-refractivity contribution is -0.140. The molecule has 2 aliphatic heterocycles. The molecule has 1 saturated heterocycles. The third-order valence-electron chi connectivity index (χ3n) is 6.01. The van der Waals surface area contributed by atoms with E-state index < -0.39 is 17.7 Å². The van der Waals surface area contributed by atoms with Crippen LogP contribution in [0.3, 0.4) is 0 Å². The van der Waals surface area contributed by atoms with Crippen LogP contribution in [-0.2, 0) is 22.6 Å². The van der Waals surface area contributed by atoms with Gasteiger partial charge < -0.3 is 19.5 Å². The van der Waals surface area contributed by atoms with Gasteiger partial charge in [-0.25, -0.2) is 0 Å². The molecular formula is C26H23NO5S. The fraction of sp³-hybridized carbons (Fsp3) is 0.231. The summed E-state index contributed by atoms with van der Waals surface area (Å²) in [7, 11) is 1.58. The van der Waals surface area contributed by atoms with Crippen molar-refractivity contribution in [3.05, 3.63) is 87.1 Å². The minimum atomic E-state index is -0.682. The van der Waals surface area contributed by atoms with E-state index in [0.29, 0.717) is 11.3 Å². The molecule has 7 heteroatoms. The number of methoxy groups -OCH3 is 1. The van der Waals surface area contributed by atoms with Crippen molar-refractivity contribution in [3.63, 3.8) is 0 Å². The molecule has 2 atom stereocenters. The highest BCUT2D eigenvalue weighted by molar-refractivity contribution is 7.10. The predicted octanol–water partition coefficient (Wildman–Crippen LogP) is 4.70. The number of carbonyl (C=O) groups is 2. The zero-order valence-corrected chi connectivity index (χ0v) is 19.1. The first-order valence-electron chi connectivity index (χ1n) is 10.7. The third kappa shape index (κ3) is 3.78. The first-order valence-corrected chi connectivity index (χ1v) is 11.6. The molecule has 2 aliphatic rings. The van der Waals surface area contributed by atoms with Gasteiger partial charge in [0.05, 0.1) is 18.7 Å². The second kappa shape index (κ2) is 8.41. The van der Waals surface area contributed by atoms with Gasteiger partial charge in [0.25, 0.3) is 11.7 Å². The molecule has 1 N–H and O–H groups in total. The molecule has 5 rings (SSSR count). The van der Waals surface area contributed by atoms with Gasteiger partial charge in [0.1, 0.15) is 23.4 Å². The van der Waals surface area contributed by atoms with Gasteiger partial charge in [-0.05, 0) is 59.8 Å². The molecule has 2 unspecified atom stereocenters. The Morgan fingerprint density at radius 3 is 2.79 bits per heavy atom. The summed E-state index contributed by atoms with van der Waals surface area (Å²) < 4.78 is 11.1. The molecule has 2 aromatic carbocycles. The van der Waals surface area contributed by atoms with Crippen molar-refractivity contribution >= 4 is 28.8 Å². The van der Waals surface area contributed by atoms with E-state index in [0.717, 1.165) is 28.2 Å². The van der Waals surface area contributed by atoms with Crippen molar-refractivity contribution in [2.75, 3.05) is 7.11 Å². The van der Waals surface area contributed by atoms with E-state index in [1.54, 1.807) is 19.2 Å². The zero-order valence-electron chi connectivity index (χ0n) is 18.3. The number of hydrogen-bond donors (Lipinski definition) is 1. The van der Waals surface area contributed by atoms with Crippen molar-refractivity contribution in [1.82, 2.24) is 4.90 Å². The number of fused-ring (bicyclic) bond motifs is 1. The molecule has 0 bridgehead atoms. The molecule has 3 heterocycles. The number of ketones is 1. The van der Waals surface area contributed by atoms with Crippen LogP contribution in [0.4, 0.5) is 0 Å². The molecule has 1 amide bonds. The van der Waals surface area contributed by atoms with E-state index in [1.807, 2.05) is 54.8 Å². The van der Waals surface area contributed by atoms with E-state index >= 15 is 0 Å². The average molecular weight is 462 g/mol. The SMILES string of the molecule is COc1cccc(CN2C(=O)C(=O)/C(=C(\O)c3ccc4c(c3)CC(C)O4)C2c2cccs2)c1. The average Bonchev–Trinajstić information content (AvgIpc) is 3.53. The Balaban J connectivity index is 1.58. The van der Waals surface area contributed by atoms with Gasteiger partial charge in [-0.1, -0.05) is 18.2 Å². The van der Waals surface area contributed by atoms with Crippen LogP contribution in [0.2, 0.25) is 0 Å². The van der Waals surface area contributed by atoms with Crippen LogP contribution in [-0.4, -0.2) is 34.9 Å². The second-order valence-corrected chi connectivity index (χ2v) is 9.23. The molecule has 6 nitrogen and oxygen atoms in total. The minimum absolute atomic E-state index is 0.0666. The molecule has 1 aromatic heterocycles. The molecule has 168 valence electrons. The van der Waals surface area contributed by atoms with E-state index in [9.17, 15) is 14.7 Å². The fourth-order valence-corrected chi connectivity index (χ4v) is 5.32. The first-order chi connectivity index (χ1) is 16.0. The Kier molecular flexibility index (Phi) is 5.42. The highest BCUT2D eigenvalue weighted by Crippen LogP contribution is 2.42. The predicted molar refractivity (Wildman–Crippen MR) is 125 cm³/mol. The van der Waals surface area contributed by atoms with Crippen molar-refractivity contribution < 1.29 is 24.2 Å². The number of aliphatic hydroxyl groups is 1. The summed E-state index contributed by atoms with van der Waals surface area (Å²) >= 11 is 1.45. The molecule has 33 heavy (non-hydrogen) atoms. The normalized spacial score (nSPS) is 21.2. The smallest absolute Gasteiger partial charge is 0.295 e. The number of hydrogen-bond acceptors (Lipinski definition) is 6. The van der Waals surface area contributed by atoms with Crippen molar-refractivity contribution in [2.24, 2.45) is 0 Å². The molecule has 0 radical (unpaired) electrons. The first kappa shape index (κ1) is 21.3. The maximum Gasteiger partial charge on any atom is 0.295 e. The molecule has 0 saturated carbocycles. The molecule has 1 fully saturated rings. The van der Waals surface area contributed by atoms with Crippen molar-refractivity contribution in [3.8, 4) is 11.5 Å². The number of benzene rings is 2. The van der Waals surface area contributed by atoms with E-state index in [1.165, 1.54) is 16.2 Å². The monoisotopic (exact) mass is 461 g/mol. The Labute approximate surface area is 195 Å². The summed E-state index contributed by atoms with van der Waals surface area (Å²) in [6.45, 7) is 2.21. The second-order valence-electron chi connectivity index (χ2n) is 8.25. The highest BCUT2D eigenvalue weighted by atomic mass is 32.1. The minimum Gasteiger partial charge on any atom is -0.507 e.